The lowest BCUT2D eigenvalue weighted by Gasteiger charge is -2.19. The first-order chi connectivity index (χ1) is 17.2. The molecule has 1 aliphatic heterocycles. The maximum Gasteiger partial charge on any atom is 0.340 e. The first kappa shape index (κ1) is 25.3. The number of aromatic nitrogens is 1. The number of esters is 1. The molecule has 0 bridgehead atoms. The third-order valence-corrected chi connectivity index (χ3v) is 6.80. The van der Waals surface area contributed by atoms with E-state index in [0.29, 0.717) is 22.9 Å². The van der Waals surface area contributed by atoms with Gasteiger partial charge in [-0.1, -0.05) is 15.9 Å². The van der Waals surface area contributed by atoms with Crippen LogP contribution in [0.1, 0.15) is 23.9 Å². The molecule has 0 atom stereocenters. The zero-order chi connectivity index (χ0) is 26.1. The molecule has 0 radical (unpaired) electrons. The summed E-state index contributed by atoms with van der Waals surface area (Å²) in [6, 6.07) is 15.2. The number of methoxy groups -OCH3 is 3. The van der Waals surface area contributed by atoms with Gasteiger partial charge < -0.3 is 18.8 Å². The summed E-state index contributed by atoms with van der Waals surface area (Å²) in [5, 5.41) is 0. The van der Waals surface area contributed by atoms with Gasteiger partial charge in [-0.3, -0.25) is 9.69 Å². The second-order valence-electron chi connectivity index (χ2n) is 8.33. The lowest BCUT2D eigenvalue weighted by Crippen LogP contribution is -2.24. The summed E-state index contributed by atoms with van der Waals surface area (Å²) in [6.45, 7) is 5.72. The van der Waals surface area contributed by atoms with Crippen LogP contribution in [0.3, 0.4) is 0 Å². The smallest absolute Gasteiger partial charge is 0.340 e. The van der Waals surface area contributed by atoms with Crippen LogP contribution >= 0.6 is 15.9 Å². The van der Waals surface area contributed by atoms with Crippen LogP contribution in [0, 0.1) is 13.8 Å². The molecule has 1 aromatic heterocycles. The number of carbonyl (C=O) groups is 2. The van der Waals surface area contributed by atoms with Crippen LogP contribution in [-0.4, -0.2) is 37.8 Å². The number of aryl methyl sites for hydroxylation is 1. The molecule has 0 fully saturated rings. The summed E-state index contributed by atoms with van der Waals surface area (Å²) in [4.78, 5) is 28.1. The van der Waals surface area contributed by atoms with E-state index >= 15 is 0 Å². The van der Waals surface area contributed by atoms with E-state index in [1.54, 1.807) is 38.3 Å². The molecule has 8 heteroatoms. The Morgan fingerprint density at radius 3 is 2.14 bits per heavy atom. The molecule has 2 heterocycles. The highest BCUT2D eigenvalue weighted by Crippen LogP contribution is 2.39. The summed E-state index contributed by atoms with van der Waals surface area (Å²) in [7, 11) is 4.39. The number of ether oxygens (including phenoxy) is 3. The number of hydrogen-bond acceptors (Lipinski definition) is 5. The number of halogens is 1. The first-order valence-electron chi connectivity index (χ1n) is 11.2. The largest absolute Gasteiger partial charge is 0.493 e. The predicted octanol–water partition coefficient (Wildman–Crippen LogP) is 5.75. The van der Waals surface area contributed by atoms with E-state index in [0.717, 1.165) is 27.1 Å². The zero-order valence-electron chi connectivity index (χ0n) is 21.0. The molecular formula is C28H27BrN2O5. The van der Waals surface area contributed by atoms with Crippen LogP contribution in [0.5, 0.6) is 11.5 Å². The van der Waals surface area contributed by atoms with Crippen molar-refractivity contribution in [1.29, 1.82) is 0 Å². The number of nitrogens with zero attached hydrogens (tertiary/aromatic N) is 2. The van der Waals surface area contributed by atoms with Gasteiger partial charge in [0.05, 0.1) is 38.2 Å². The summed E-state index contributed by atoms with van der Waals surface area (Å²) in [5.74, 6) is 0.120. The van der Waals surface area contributed by atoms with E-state index in [1.807, 2.05) is 44.2 Å². The number of hydrogen-bond donors (Lipinski definition) is 0. The molecule has 0 aliphatic carbocycles. The van der Waals surface area contributed by atoms with Gasteiger partial charge in [0.25, 0.3) is 5.91 Å². The van der Waals surface area contributed by atoms with Gasteiger partial charge in [0.1, 0.15) is 0 Å². The maximum absolute atomic E-state index is 13.7. The molecule has 0 unspecified atom stereocenters. The lowest BCUT2D eigenvalue weighted by atomic mass is 10.0. The lowest BCUT2D eigenvalue weighted by molar-refractivity contribution is -0.136. The quantitative estimate of drug-likeness (QED) is 0.288. The highest BCUT2D eigenvalue weighted by Gasteiger charge is 2.38. The molecule has 3 aromatic rings. The highest BCUT2D eigenvalue weighted by molar-refractivity contribution is 9.10. The molecule has 2 aromatic carbocycles. The second kappa shape index (κ2) is 10.1. The van der Waals surface area contributed by atoms with Crippen LogP contribution in [0.15, 0.2) is 69.8 Å². The Morgan fingerprint density at radius 2 is 1.53 bits per heavy atom. The molecule has 0 N–H and O–H groups in total. The van der Waals surface area contributed by atoms with Gasteiger partial charge in [-0.2, -0.15) is 0 Å². The standard InChI is InChI=1S/C28H27BrN2O5/c1-16-13-19(17(2)30(16)21-9-7-20(29)8-10-21)14-23-26(28(33)36-6)18(3)31(27(23)32)22-11-12-24(34-4)25(15-22)35-5/h7-15H,1-6H3/b23-14-. The second-order valence-corrected chi connectivity index (χ2v) is 9.24. The van der Waals surface area contributed by atoms with Gasteiger partial charge in [0, 0.05) is 33.3 Å². The summed E-state index contributed by atoms with van der Waals surface area (Å²) < 4.78 is 18.9. The van der Waals surface area contributed by atoms with Crippen molar-refractivity contribution in [2.75, 3.05) is 26.2 Å². The van der Waals surface area contributed by atoms with Gasteiger partial charge in [-0.25, -0.2) is 4.79 Å². The van der Waals surface area contributed by atoms with E-state index in [4.69, 9.17) is 14.2 Å². The molecule has 7 nitrogen and oxygen atoms in total. The third kappa shape index (κ3) is 4.33. The fourth-order valence-electron chi connectivity index (χ4n) is 4.53. The normalized spacial score (nSPS) is 14.6. The molecule has 0 saturated heterocycles. The fraction of sp³-hybridized carbons (Fsp3) is 0.214. The van der Waals surface area contributed by atoms with Gasteiger partial charge in [0.15, 0.2) is 11.5 Å². The molecular weight excluding hydrogens is 524 g/mol. The topological polar surface area (TPSA) is 70.0 Å². The predicted molar refractivity (Wildman–Crippen MR) is 143 cm³/mol. The number of allylic oxidation sites excluding steroid dienone is 1. The van der Waals surface area contributed by atoms with Crippen LogP contribution in [0.25, 0.3) is 11.8 Å². The Hall–Kier alpha value is -3.78. The molecule has 4 rings (SSSR count). The van der Waals surface area contributed by atoms with E-state index in [2.05, 4.69) is 20.5 Å². The summed E-state index contributed by atoms with van der Waals surface area (Å²) >= 11 is 3.47. The first-order valence-corrected chi connectivity index (χ1v) is 12.0. The van der Waals surface area contributed by atoms with Crippen LogP contribution < -0.4 is 14.4 Å². The fourth-order valence-corrected chi connectivity index (χ4v) is 4.80. The zero-order valence-corrected chi connectivity index (χ0v) is 22.6. The Labute approximate surface area is 218 Å². The molecule has 1 aliphatic rings. The third-order valence-electron chi connectivity index (χ3n) is 6.27. The minimum Gasteiger partial charge on any atom is -0.493 e. The minimum atomic E-state index is -0.572. The van der Waals surface area contributed by atoms with Gasteiger partial charge in [-0.05, 0) is 74.9 Å². The van der Waals surface area contributed by atoms with Crippen molar-refractivity contribution in [1.82, 2.24) is 4.57 Å². The van der Waals surface area contributed by atoms with E-state index in [-0.39, 0.29) is 17.1 Å². The minimum absolute atomic E-state index is 0.228. The Kier molecular flexibility index (Phi) is 7.08. The maximum atomic E-state index is 13.7. The Morgan fingerprint density at radius 1 is 0.889 bits per heavy atom. The highest BCUT2D eigenvalue weighted by atomic mass is 79.9. The van der Waals surface area contributed by atoms with Crippen molar-refractivity contribution >= 4 is 39.6 Å². The Balaban J connectivity index is 1.84. The van der Waals surface area contributed by atoms with Crippen molar-refractivity contribution in [2.45, 2.75) is 20.8 Å². The number of benzene rings is 2. The SMILES string of the molecule is COC(=O)C1=C(C)N(c2ccc(OC)c(OC)c2)C(=O)/C1=C\c1cc(C)n(-c2ccc(Br)cc2)c1C. The number of anilines is 1. The molecule has 1 amide bonds. The molecule has 0 saturated carbocycles. The Bertz CT molecular complexity index is 1420. The average Bonchev–Trinajstić information content (AvgIpc) is 3.29. The van der Waals surface area contributed by atoms with Gasteiger partial charge in [0.2, 0.25) is 0 Å². The summed E-state index contributed by atoms with van der Waals surface area (Å²) in [5.41, 5.74) is 5.32. The molecule has 186 valence electrons. The number of carbonyl (C=O) groups excluding carboxylic acids is 2. The van der Waals surface area contributed by atoms with E-state index in [1.165, 1.54) is 19.1 Å². The van der Waals surface area contributed by atoms with Crippen molar-refractivity contribution in [2.24, 2.45) is 0 Å². The van der Waals surface area contributed by atoms with Crippen LogP contribution in [0.2, 0.25) is 0 Å². The van der Waals surface area contributed by atoms with Crippen molar-refractivity contribution in [3.8, 4) is 17.2 Å². The number of rotatable bonds is 6. The van der Waals surface area contributed by atoms with E-state index in [9.17, 15) is 9.59 Å². The van der Waals surface area contributed by atoms with Crippen molar-refractivity contribution in [3.05, 3.63) is 86.8 Å². The van der Waals surface area contributed by atoms with E-state index < -0.39 is 5.97 Å². The number of amides is 1. The molecule has 0 spiro atoms. The van der Waals surface area contributed by atoms with Crippen LogP contribution in [-0.2, 0) is 14.3 Å². The summed E-state index contributed by atoms with van der Waals surface area (Å²) in [6.07, 6.45) is 1.76. The monoisotopic (exact) mass is 550 g/mol. The van der Waals surface area contributed by atoms with Gasteiger partial charge >= 0.3 is 5.97 Å². The molecule has 36 heavy (non-hydrogen) atoms. The van der Waals surface area contributed by atoms with Crippen LogP contribution in [0.4, 0.5) is 5.69 Å². The van der Waals surface area contributed by atoms with Crippen molar-refractivity contribution in [3.63, 3.8) is 0 Å². The average molecular weight is 551 g/mol. The van der Waals surface area contributed by atoms with Gasteiger partial charge in [-0.15, -0.1) is 0 Å². The van der Waals surface area contributed by atoms with Crippen molar-refractivity contribution < 1.29 is 23.8 Å².